The van der Waals surface area contributed by atoms with Gasteiger partial charge in [0, 0.05) is 18.8 Å². The Balaban J connectivity index is 1.82. The van der Waals surface area contributed by atoms with Crippen LogP contribution in [0.25, 0.3) is 0 Å². The van der Waals surface area contributed by atoms with Gasteiger partial charge in [0.05, 0.1) is 4.47 Å². The molecule has 1 aromatic heterocycles. The van der Waals surface area contributed by atoms with Crippen LogP contribution in [0.5, 0.6) is 0 Å². The van der Waals surface area contributed by atoms with Crippen LogP contribution in [0.15, 0.2) is 16.7 Å². The predicted molar refractivity (Wildman–Crippen MR) is 70.8 cm³/mol. The van der Waals surface area contributed by atoms with Crippen LogP contribution in [0.3, 0.4) is 0 Å². The Hall–Kier alpha value is -0.610. The molecular weight excluding hydrogens is 266 g/mol. The summed E-state index contributed by atoms with van der Waals surface area (Å²) in [5, 5.41) is 6.88. The highest BCUT2D eigenvalue weighted by molar-refractivity contribution is 9.10. The van der Waals surface area contributed by atoms with Gasteiger partial charge in [-0.15, -0.1) is 0 Å². The van der Waals surface area contributed by atoms with Crippen LogP contribution in [0, 0.1) is 6.92 Å². The van der Waals surface area contributed by atoms with Crippen molar-refractivity contribution in [2.45, 2.75) is 32.2 Å². The van der Waals surface area contributed by atoms with E-state index >= 15 is 0 Å². The van der Waals surface area contributed by atoms with Gasteiger partial charge in [0.25, 0.3) is 0 Å². The third-order valence-corrected chi connectivity index (χ3v) is 4.03. The summed E-state index contributed by atoms with van der Waals surface area (Å²) in [6.07, 6.45) is 5.64. The molecule has 3 nitrogen and oxygen atoms in total. The van der Waals surface area contributed by atoms with Gasteiger partial charge in [-0.1, -0.05) is 0 Å². The van der Waals surface area contributed by atoms with Crippen molar-refractivity contribution in [2.24, 2.45) is 0 Å². The fourth-order valence-corrected chi connectivity index (χ4v) is 2.41. The van der Waals surface area contributed by atoms with Gasteiger partial charge >= 0.3 is 0 Å². The number of hydrogen-bond acceptors (Lipinski definition) is 3. The highest BCUT2D eigenvalue weighted by Gasteiger charge is 2.13. The van der Waals surface area contributed by atoms with E-state index in [2.05, 4.69) is 38.5 Å². The van der Waals surface area contributed by atoms with Crippen LogP contribution >= 0.6 is 15.9 Å². The van der Waals surface area contributed by atoms with E-state index < -0.39 is 0 Å². The molecule has 2 rings (SSSR count). The van der Waals surface area contributed by atoms with Crippen LogP contribution in [0.2, 0.25) is 0 Å². The number of hydrogen-bond donors (Lipinski definition) is 2. The molecule has 2 heterocycles. The minimum Gasteiger partial charge on any atom is -0.369 e. The molecule has 0 saturated carbocycles. The molecule has 16 heavy (non-hydrogen) atoms. The Morgan fingerprint density at radius 2 is 2.50 bits per heavy atom. The van der Waals surface area contributed by atoms with Crippen molar-refractivity contribution in [3.63, 3.8) is 0 Å². The van der Waals surface area contributed by atoms with Crippen molar-refractivity contribution in [1.29, 1.82) is 0 Å². The molecule has 1 saturated heterocycles. The standard InChI is InChI=1S/C12H18BrN3/c1-9-4-7-15-12(11(9)13)16-8-5-10-3-2-6-14-10/h4,7,10,14H,2-3,5-6,8H2,1H3,(H,15,16)/t10-/m1/s1. The monoisotopic (exact) mass is 283 g/mol. The van der Waals surface area contributed by atoms with E-state index in [4.69, 9.17) is 0 Å². The fourth-order valence-electron chi connectivity index (χ4n) is 2.03. The molecule has 2 N–H and O–H groups in total. The van der Waals surface area contributed by atoms with Gasteiger partial charge in [0.1, 0.15) is 5.82 Å². The van der Waals surface area contributed by atoms with Crippen LogP contribution < -0.4 is 10.6 Å². The lowest BCUT2D eigenvalue weighted by atomic mass is 10.1. The zero-order chi connectivity index (χ0) is 11.4. The second kappa shape index (κ2) is 5.64. The van der Waals surface area contributed by atoms with Crippen LogP contribution in [0.1, 0.15) is 24.8 Å². The van der Waals surface area contributed by atoms with Crippen LogP contribution in [-0.4, -0.2) is 24.1 Å². The number of nitrogens with zero attached hydrogens (tertiary/aromatic N) is 1. The predicted octanol–water partition coefficient (Wildman–Crippen LogP) is 2.71. The number of pyridine rings is 1. The minimum absolute atomic E-state index is 0.691. The SMILES string of the molecule is Cc1ccnc(NCC[C@H]2CCCN2)c1Br. The molecular formula is C12H18BrN3. The molecule has 0 unspecified atom stereocenters. The maximum Gasteiger partial charge on any atom is 0.140 e. The van der Waals surface area contributed by atoms with Crippen molar-refractivity contribution >= 4 is 21.7 Å². The molecule has 1 fully saturated rings. The van der Waals surface area contributed by atoms with Crippen molar-refractivity contribution in [2.75, 3.05) is 18.4 Å². The molecule has 0 aromatic carbocycles. The maximum atomic E-state index is 4.32. The van der Waals surface area contributed by atoms with Gasteiger partial charge in [-0.3, -0.25) is 0 Å². The molecule has 0 spiro atoms. The first-order chi connectivity index (χ1) is 7.77. The van der Waals surface area contributed by atoms with Crippen LogP contribution in [0.4, 0.5) is 5.82 Å². The van der Waals surface area contributed by atoms with Gasteiger partial charge in [0.2, 0.25) is 0 Å². The summed E-state index contributed by atoms with van der Waals surface area (Å²) in [4.78, 5) is 4.32. The largest absolute Gasteiger partial charge is 0.369 e. The first-order valence-electron chi connectivity index (χ1n) is 5.86. The molecule has 1 aromatic rings. The normalized spacial score (nSPS) is 20.0. The van der Waals surface area contributed by atoms with E-state index in [1.165, 1.54) is 31.4 Å². The molecule has 1 aliphatic rings. The highest BCUT2D eigenvalue weighted by atomic mass is 79.9. The molecule has 1 aliphatic heterocycles. The molecule has 88 valence electrons. The summed E-state index contributed by atoms with van der Waals surface area (Å²) < 4.78 is 1.08. The number of aromatic nitrogens is 1. The Labute approximate surface area is 105 Å². The van der Waals surface area contributed by atoms with Crippen molar-refractivity contribution < 1.29 is 0 Å². The van der Waals surface area contributed by atoms with Gasteiger partial charge < -0.3 is 10.6 Å². The Morgan fingerprint density at radius 1 is 1.62 bits per heavy atom. The second-order valence-electron chi connectivity index (χ2n) is 4.30. The lowest BCUT2D eigenvalue weighted by Gasteiger charge is -2.12. The van der Waals surface area contributed by atoms with E-state index in [0.717, 1.165) is 16.8 Å². The van der Waals surface area contributed by atoms with E-state index in [1.807, 2.05) is 12.3 Å². The first-order valence-corrected chi connectivity index (χ1v) is 6.65. The summed E-state index contributed by atoms with van der Waals surface area (Å²) in [5.74, 6) is 0.956. The average molecular weight is 284 g/mol. The van der Waals surface area contributed by atoms with E-state index in [1.54, 1.807) is 0 Å². The molecule has 0 bridgehead atoms. The van der Waals surface area contributed by atoms with Gasteiger partial charge in [-0.25, -0.2) is 4.98 Å². The summed E-state index contributed by atoms with van der Waals surface area (Å²) in [7, 11) is 0. The Kier molecular flexibility index (Phi) is 4.18. The zero-order valence-corrected chi connectivity index (χ0v) is 11.2. The van der Waals surface area contributed by atoms with Gasteiger partial charge in [-0.2, -0.15) is 0 Å². The van der Waals surface area contributed by atoms with Crippen LogP contribution in [-0.2, 0) is 0 Å². The number of aryl methyl sites for hydroxylation is 1. The first kappa shape index (κ1) is 11.9. The summed E-state index contributed by atoms with van der Waals surface area (Å²) in [5.41, 5.74) is 1.22. The Bertz CT molecular complexity index is 348. The average Bonchev–Trinajstić information content (AvgIpc) is 2.77. The van der Waals surface area contributed by atoms with Crippen molar-refractivity contribution in [1.82, 2.24) is 10.3 Å². The quantitative estimate of drug-likeness (QED) is 0.892. The third kappa shape index (κ3) is 2.95. The van der Waals surface area contributed by atoms with Gasteiger partial charge in [-0.05, 0) is 60.3 Å². The second-order valence-corrected chi connectivity index (χ2v) is 5.09. The zero-order valence-electron chi connectivity index (χ0n) is 9.59. The number of halogens is 1. The Morgan fingerprint density at radius 3 is 3.25 bits per heavy atom. The number of rotatable bonds is 4. The lowest BCUT2D eigenvalue weighted by molar-refractivity contribution is 0.574. The maximum absolute atomic E-state index is 4.32. The molecule has 1 atom stereocenters. The van der Waals surface area contributed by atoms with E-state index in [-0.39, 0.29) is 0 Å². The van der Waals surface area contributed by atoms with E-state index in [9.17, 15) is 0 Å². The number of nitrogens with one attached hydrogen (secondary N) is 2. The summed E-state index contributed by atoms with van der Waals surface area (Å²) in [6, 6.07) is 2.70. The molecule has 0 aliphatic carbocycles. The fraction of sp³-hybridized carbons (Fsp3) is 0.583. The summed E-state index contributed by atoms with van der Waals surface area (Å²) in [6.45, 7) is 4.24. The number of anilines is 1. The molecule has 0 radical (unpaired) electrons. The van der Waals surface area contributed by atoms with Crippen molar-refractivity contribution in [3.05, 3.63) is 22.3 Å². The summed E-state index contributed by atoms with van der Waals surface area (Å²) >= 11 is 3.55. The topological polar surface area (TPSA) is 37.0 Å². The lowest BCUT2D eigenvalue weighted by Crippen LogP contribution is -2.24. The smallest absolute Gasteiger partial charge is 0.140 e. The highest BCUT2D eigenvalue weighted by Crippen LogP contribution is 2.23. The minimum atomic E-state index is 0.691. The van der Waals surface area contributed by atoms with Gasteiger partial charge in [0.15, 0.2) is 0 Å². The molecule has 0 amide bonds. The third-order valence-electron chi connectivity index (χ3n) is 3.03. The molecule has 4 heteroatoms. The van der Waals surface area contributed by atoms with E-state index in [0.29, 0.717) is 6.04 Å². The van der Waals surface area contributed by atoms with Crippen molar-refractivity contribution in [3.8, 4) is 0 Å².